The highest BCUT2D eigenvalue weighted by atomic mass is 35.5. The SMILES string of the molecule is O=[N+]([O-])c1ccccc1C1ON=C(c2ccc(Cl)cc2)N1CCN1C(c2ccc(Cl)cc2)=NOC1c1ccccc1[N+](=O)[O-]. The van der Waals surface area contributed by atoms with Crippen molar-refractivity contribution in [1.29, 1.82) is 0 Å². The van der Waals surface area contributed by atoms with Crippen molar-refractivity contribution in [2.24, 2.45) is 10.3 Å². The molecule has 0 saturated heterocycles. The van der Waals surface area contributed by atoms with Crippen molar-refractivity contribution in [2.75, 3.05) is 13.1 Å². The van der Waals surface area contributed by atoms with Gasteiger partial charge in [0, 0.05) is 46.4 Å². The molecule has 0 amide bonds. The fourth-order valence-electron chi connectivity index (χ4n) is 5.11. The van der Waals surface area contributed by atoms with Gasteiger partial charge in [-0.15, -0.1) is 0 Å². The van der Waals surface area contributed by atoms with Crippen LogP contribution in [0.5, 0.6) is 0 Å². The molecule has 2 heterocycles. The molecule has 0 fully saturated rings. The predicted molar refractivity (Wildman–Crippen MR) is 163 cm³/mol. The van der Waals surface area contributed by atoms with Crippen LogP contribution in [0.3, 0.4) is 0 Å². The summed E-state index contributed by atoms with van der Waals surface area (Å²) in [6.07, 6.45) is -1.88. The summed E-state index contributed by atoms with van der Waals surface area (Å²) in [5.41, 5.74) is 1.72. The minimum Gasteiger partial charge on any atom is -0.363 e. The number of nitro benzene ring substituents is 2. The number of halogens is 2. The fraction of sp³-hybridized carbons (Fsp3) is 0.133. The van der Waals surface area contributed by atoms with Crippen molar-refractivity contribution < 1.29 is 19.5 Å². The van der Waals surface area contributed by atoms with Gasteiger partial charge in [0.25, 0.3) is 11.4 Å². The highest BCUT2D eigenvalue weighted by Crippen LogP contribution is 2.38. The van der Waals surface area contributed by atoms with Crippen LogP contribution < -0.4 is 0 Å². The first-order valence-corrected chi connectivity index (χ1v) is 14.1. The van der Waals surface area contributed by atoms with E-state index < -0.39 is 22.3 Å². The zero-order chi connectivity index (χ0) is 30.8. The van der Waals surface area contributed by atoms with Crippen molar-refractivity contribution in [3.63, 3.8) is 0 Å². The zero-order valence-corrected chi connectivity index (χ0v) is 24.2. The van der Waals surface area contributed by atoms with Gasteiger partial charge in [-0.2, -0.15) is 0 Å². The maximum Gasteiger partial charge on any atom is 0.278 e. The standard InChI is InChI=1S/C30H22Cl2N6O6/c31-21-13-9-19(10-14-21)27-33-43-29(23-5-1-3-7-25(23)37(39)40)35(27)17-18-36-28(20-11-15-22(32)16-12-20)34-44-30(36)24-6-2-4-8-26(24)38(41)42/h1-16,29-30H,17-18H2. The van der Waals surface area contributed by atoms with E-state index in [1.807, 2.05) is 0 Å². The molecule has 6 rings (SSSR count). The van der Waals surface area contributed by atoms with E-state index in [9.17, 15) is 20.2 Å². The second-order valence-electron chi connectivity index (χ2n) is 9.78. The van der Waals surface area contributed by atoms with E-state index in [-0.39, 0.29) is 24.5 Å². The minimum atomic E-state index is -0.939. The van der Waals surface area contributed by atoms with Crippen LogP contribution in [-0.2, 0) is 9.68 Å². The summed E-state index contributed by atoms with van der Waals surface area (Å²) in [5.74, 6) is 0.856. The second kappa shape index (κ2) is 12.2. The number of hydrogen-bond donors (Lipinski definition) is 0. The average Bonchev–Trinajstić information content (AvgIpc) is 3.65. The summed E-state index contributed by atoms with van der Waals surface area (Å²) in [4.78, 5) is 38.2. The number of hydrogen-bond acceptors (Lipinski definition) is 10. The minimum absolute atomic E-state index is 0.124. The molecule has 0 N–H and O–H groups in total. The van der Waals surface area contributed by atoms with Crippen LogP contribution in [-0.4, -0.2) is 44.4 Å². The molecule has 0 spiro atoms. The summed E-state index contributed by atoms with van der Waals surface area (Å²) in [7, 11) is 0. The third kappa shape index (κ3) is 5.60. The summed E-state index contributed by atoms with van der Waals surface area (Å²) in [6.45, 7) is 0.399. The van der Waals surface area contributed by atoms with Crippen LogP contribution in [0.25, 0.3) is 0 Å². The van der Waals surface area contributed by atoms with Crippen molar-refractivity contribution in [3.05, 3.63) is 150 Å². The van der Waals surface area contributed by atoms with Gasteiger partial charge in [-0.1, -0.05) is 57.8 Å². The molecule has 0 bridgehead atoms. The number of para-hydroxylation sites is 2. The molecule has 12 nitrogen and oxygen atoms in total. The van der Waals surface area contributed by atoms with Crippen LogP contribution in [0, 0.1) is 20.2 Å². The smallest absolute Gasteiger partial charge is 0.278 e. The Morgan fingerprint density at radius 1 is 0.614 bits per heavy atom. The first-order chi connectivity index (χ1) is 21.3. The quantitative estimate of drug-likeness (QED) is 0.144. The monoisotopic (exact) mass is 632 g/mol. The second-order valence-corrected chi connectivity index (χ2v) is 10.7. The Hall–Kier alpha value is -5.20. The molecule has 0 aromatic heterocycles. The van der Waals surface area contributed by atoms with Gasteiger partial charge < -0.3 is 19.5 Å². The first kappa shape index (κ1) is 28.9. The van der Waals surface area contributed by atoms with Crippen molar-refractivity contribution in [2.45, 2.75) is 12.5 Å². The van der Waals surface area contributed by atoms with Gasteiger partial charge in [0.15, 0.2) is 11.7 Å². The molecule has 2 aliphatic rings. The molecule has 0 radical (unpaired) electrons. The number of rotatable bonds is 9. The lowest BCUT2D eigenvalue weighted by Crippen LogP contribution is -2.41. The molecular formula is C30H22Cl2N6O6. The van der Waals surface area contributed by atoms with E-state index in [0.717, 1.165) is 0 Å². The summed E-state index contributed by atoms with van der Waals surface area (Å²) in [6, 6.07) is 26.5. The summed E-state index contributed by atoms with van der Waals surface area (Å²) in [5, 5.41) is 33.5. The lowest BCUT2D eigenvalue weighted by atomic mass is 10.1. The van der Waals surface area contributed by atoms with Gasteiger partial charge in [0.2, 0.25) is 12.5 Å². The van der Waals surface area contributed by atoms with E-state index in [4.69, 9.17) is 32.9 Å². The normalized spacial score (nSPS) is 17.5. The molecule has 0 aliphatic carbocycles. The van der Waals surface area contributed by atoms with Gasteiger partial charge in [0.05, 0.1) is 21.0 Å². The number of nitrogens with zero attached hydrogens (tertiary/aromatic N) is 6. The first-order valence-electron chi connectivity index (χ1n) is 13.3. The van der Waals surface area contributed by atoms with Crippen LogP contribution in [0.15, 0.2) is 107 Å². The van der Waals surface area contributed by atoms with Crippen LogP contribution in [0.4, 0.5) is 11.4 Å². The molecule has 2 unspecified atom stereocenters. The highest BCUT2D eigenvalue weighted by Gasteiger charge is 2.40. The predicted octanol–water partition coefficient (Wildman–Crippen LogP) is 6.90. The van der Waals surface area contributed by atoms with Crippen LogP contribution in [0.2, 0.25) is 10.0 Å². The van der Waals surface area contributed by atoms with Gasteiger partial charge in [-0.25, -0.2) is 0 Å². The lowest BCUT2D eigenvalue weighted by Gasteiger charge is -2.30. The zero-order valence-electron chi connectivity index (χ0n) is 22.7. The molecule has 4 aromatic carbocycles. The van der Waals surface area contributed by atoms with Gasteiger partial charge in [-0.3, -0.25) is 20.2 Å². The van der Waals surface area contributed by atoms with E-state index in [1.165, 1.54) is 12.1 Å². The number of amidine groups is 2. The van der Waals surface area contributed by atoms with E-state index in [2.05, 4.69) is 10.3 Å². The maximum atomic E-state index is 11.9. The summed E-state index contributed by atoms with van der Waals surface area (Å²) >= 11 is 12.3. The third-order valence-corrected chi connectivity index (χ3v) is 7.68. The Bertz CT molecular complexity index is 1650. The average molecular weight is 633 g/mol. The fourth-order valence-corrected chi connectivity index (χ4v) is 5.36. The highest BCUT2D eigenvalue weighted by molar-refractivity contribution is 6.31. The van der Waals surface area contributed by atoms with Gasteiger partial charge >= 0.3 is 0 Å². The van der Waals surface area contributed by atoms with E-state index in [0.29, 0.717) is 44.0 Å². The van der Waals surface area contributed by atoms with E-state index in [1.54, 1.807) is 94.7 Å². The van der Waals surface area contributed by atoms with Crippen LogP contribution >= 0.6 is 23.2 Å². The molecule has 4 aromatic rings. The molecule has 2 atom stereocenters. The molecule has 2 aliphatic heterocycles. The molecule has 44 heavy (non-hydrogen) atoms. The number of oxime groups is 2. The van der Waals surface area contributed by atoms with Crippen molar-refractivity contribution >= 4 is 46.2 Å². The number of benzene rings is 4. The van der Waals surface area contributed by atoms with Crippen molar-refractivity contribution in [1.82, 2.24) is 9.80 Å². The molecular weight excluding hydrogens is 611 g/mol. The Balaban J connectivity index is 1.38. The van der Waals surface area contributed by atoms with Crippen molar-refractivity contribution in [3.8, 4) is 0 Å². The molecule has 14 heteroatoms. The lowest BCUT2D eigenvalue weighted by molar-refractivity contribution is -0.386. The Morgan fingerprint density at radius 3 is 1.34 bits per heavy atom. The largest absolute Gasteiger partial charge is 0.363 e. The Morgan fingerprint density at radius 2 is 0.977 bits per heavy atom. The van der Waals surface area contributed by atoms with Crippen LogP contribution in [0.1, 0.15) is 34.7 Å². The number of nitro groups is 2. The molecule has 222 valence electrons. The maximum absolute atomic E-state index is 11.9. The third-order valence-electron chi connectivity index (χ3n) is 7.17. The van der Waals surface area contributed by atoms with Gasteiger partial charge in [-0.05, 0) is 60.7 Å². The Labute approximate surface area is 260 Å². The topological polar surface area (TPSA) is 136 Å². The Kier molecular flexibility index (Phi) is 8.01. The summed E-state index contributed by atoms with van der Waals surface area (Å²) < 4.78 is 0. The molecule has 0 saturated carbocycles. The van der Waals surface area contributed by atoms with Gasteiger partial charge in [0.1, 0.15) is 0 Å². The van der Waals surface area contributed by atoms with E-state index >= 15 is 0 Å².